The van der Waals surface area contributed by atoms with E-state index in [0.717, 1.165) is 34.6 Å². The number of nitrogens with one attached hydrogen (secondary N) is 2. The largest absolute Gasteiger partial charge is 0.494 e. The summed E-state index contributed by atoms with van der Waals surface area (Å²) in [6.07, 6.45) is 1.06. The lowest BCUT2D eigenvalue weighted by Gasteiger charge is -2.15. The lowest BCUT2D eigenvalue weighted by molar-refractivity contribution is -0.384. The predicted octanol–water partition coefficient (Wildman–Crippen LogP) is 3.80. The number of non-ortho nitro benzene ring substituents is 1. The fraction of sp³-hybridized carbons (Fsp3) is 0.381. The summed E-state index contributed by atoms with van der Waals surface area (Å²) < 4.78 is 11.7. The van der Waals surface area contributed by atoms with E-state index in [1.54, 1.807) is 19.2 Å². The molecule has 0 aromatic heterocycles. The number of nitro benzene ring substituents is 1. The highest BCUT2D eigenvalue weighted by Gasteiger charge is 2.22. The van der Waals surface area contributed by atoms with Gasteiger partial charge in [0.1, 0.15) is 17.6 Å². The molecule has 0 amide bonds. The van der Waals surface area contributed by atoms with Gasteiger partial charge in [0.05, 0.1) is 11.5 Å². The normalized spacial score (nSPS) is 14.9. The van der Waals surface area contributed by atoms with E-state index in [-0.39, 0.29) is 35.8 Å². The number of guanidine groups is 1. The van der Waals surface area contributed by atoms with Gasteiger partial charge in [-0.25, -0.2) is 0 Å². The second-order valence-corrected chi connectivity index (χ2v) is 6.84. The number of benzene rings is 2. The Morgan fingerprint density at radius 3 is 2.77 bits per heavy atom. The van der Waals surface area contributed by atoms with Crippen LogP contribution in [0.5, 0.6) is 11.5 Å². The minimum atomic E-state index is -0.400. The Hall–Kier alpha value is -2.56. The number of fused-ring (bicyclic) bond motifs is 1. The molecular weight excluding hydrogens is 499 g/mol. The van der Waals surface area contributed by atoms with Crippen molar-refractivity contribution in [3.63, 3.8) is 0 Å². The Morgan fingerprint density at radius 1 is 1.30 bits per heavy atom. The third-order valence-electron chi connectivity index (χ3n) is 4.63. The number of aliphatic imine (C=N–C) groups is 1. The Morgan fingerprint density at radius 2 is 2.07 bits per heavy atom. The number of rotatable bonds is 7. The number of nitro groups is 1. The van der Waals surface area contributed by atoms with Gasteiger partial charge in [-0.1, -0.05) is 12.1 Å². The smallest absolute Gasteiger partial charge is 0.269 e. The number of halogens is 1. The van der Waals surface area contributed by atoms with Crippen molar-refractivity contribution >= 4 is 35.6 Å². The average molecular weight is 526 g/mol. The molecule has 1 heterocycles. The summed E-state index contributed by atoms with van der Waals surface area (Å²) in [6.45, 7) is 5.53. The zero-order valence-electron chi connectivity index (χ0n) is 17.3. The van der Waals surface area contributed by atoms with Gasteiger partial charge in [-0.15, -0.1) is 24.0 Å². The van der Waals surface area contributed by atoms with Crippen LogP contribution in [0.2, 0.25) is 0 Å². The van der Waals surface area contributed by atoms with Crippen molar-refractivity contribution in [1.82, 2.24) is 10.6 Å². The highest BCUT2D eigenvalue weighted by molar-refractivity contribution is 14.0. The Labute approximate surface area is 193 Å². The molecule has 162 valence electrons. The van der Waals surface area contributed by atoms with Crippen molar-refractivity contribution in [2.24, 2.45) is 4.99 Å². The summed E-state index contributed by atoms with van der Waals surface area (Å²) >= 11 is 0. The molecule has 1 unspecified atom stereocenters. The SMILES string of the molecule is CCOc1cc2c(cc1CNC(=NC)NCc1cccc([N+](=O)[O-])c1)OC(C)C2.I. The molecule has 0 radical (unpaired) electrons. The Balaban J connectivity index is 0.00000320. The third kappa shape index (κ3) is 5.97. The monoisotopic (exact) mass is 526 g/mol. The molecule has 3 rings (SSSR count). The molecular formula is C21H27IN4O4. The van der Waals surface area contributed by atoms with Crippen LogP contribution in [0.1, 0.15) is 30.5 Å². The first-order valence-electron chi connectivity index (χ1n) is 9.63. The van der Waals surface area contributed by atoms with Gasteiger partial charge in [-0.3, -0.25) is 15.1 Å². The van der Waals surface area contributed by atoms with E-state index in [1.807, 2.05) is 19.1 Å². The summed E-state index contributed by atoms with van der Waals surface area (Å²) in [4.78, 5) is 14.7. The molecule has 1 aliphatic heterocycles. The minimum Gasteiger partial charge on any atom is -0.494 e. The van der Waals surface area contributed by atoms with Crippen molar-refractivity contribution in [3.05, 3.63) is 63.2 Å². The summed E-state index contributed by atoms with van der Waals surface area (Å²) in [5.41, 5.74) is 3.02. The molecule has 0 saturated heterocycles. The Kier molecular flexibility index (Phi) is 8.70. The maximum absolute atomic E-state index is 10.9. The number of nitrogens with zero attached hydrogens (tertiary/aromatic N) is 2. The van der Waals surface area contributed by atoms with Gasteiger partial charge in [0.2, 0.25) is 0 Å². The number of hydrogen-bond donors (Lipinski definition) is 2. The Bertz CT molecular complexity index is 920. The van der Waals surface area contributed by atoms with Gasteiger partial charge in [-0.05, 0) is 31.5 Å². The lowest BCUT2D eigenvalue weighted by Crippen LogP contribution is -2.36. The molecule has 1 aliphatic rings. The first-order chi connectivity index (χ1) is 14.0. The second kappa shape index (κ2) is 11.0. The van der Waals surface area contributed by atoms with Crippen molar-refractivity contribution in [1.29, 1.82) is 0 Å². The molecule has 0 saturated carbocycles. The molecule has 1 atom stereocenters. The molecule has 2 N–H and O–H groups in total. The van der Waals surface area contributed by atoms with Crippen LogP contribution in [0, 0.1) is 10.1 Å². The van der Waals surface area contributed by atoms with Crippen LogP contribution in [-0.4, -0.2) is 30.6 Å². The highest BCUT2D eigenvalue weighted by Crippen LogP contribution is 2.35. The summed E-state index contributed by atoms with van der Waals surface area (Å²) in [5.74, 6) is 2.33. The summed E-state index contributed by atoms with van der Waals surface area (Å²) in [6, 6.07) is 10.6. The van der Waals surface area contributed by atoms with Crippen LogP contribution in [0.4, 0.5) is 5.69 Å². The number of ether oxygens (including phenoxy) is 2. The van der Waals surface area contributed by atoms with E-state index in [9.17, 15) is 10.1 Å². The molecule has 0 spiro atoms. The standard InChI is InChI=1S/C21H26N4O4.HI/c1-4-28-19-10-16-8-14(2)29-20(16)11-17(19)13-24-21(22-3)23-12-15-6-5-7-18(9-15)25(26)27;/h5-7,9-11,14H,4,8,12-13H2,1-3H3,(H2,22,23,24);1H. The van der Waals surface area contributed by atoms with Gasteiger partial charge in [0.25, 0.3) is 5.69 Å². The van der Waals surface area contributed by atoms with Gasteiger partial charge in [0, 0.05) is 49.8 Å². The van der Waals surface area contributed by atoms with Crippen LogP contribution < -0.4 is 20.1 Å². The molecule has 30 heavy (non-hydrogen) atoms. The molecule has 0 aliphatic carbocycles. The third-order valence-corrected chi connectivity index (χ3v) is 4.63. The van der Waals surface area contributed by atoms with E-state index in [2.05, 4.69) is 28.6 Å². The van der Waals surface area contributed by atoms with E-state index in [4.69, 9.17) is 9.47 Å². The molecule has 9 heteroatoms. The lowest BCUT2D eigenvalue weighted by atomic mass is 10.1. The topological polar surface area (TPSA) is 98.0 Å². The van der Waals surface area contributed by atoms with Crippen LogP contribution >= 0.6 is 24.0 Å². The molecule has 2 aromatic rings. The van der Waals surface area contributed by atoms with Crippen molar-refractivity contribution in [3.8, 4) is 11.5 Å². The van der Waals surface area contributed by atoms with Gasteiger partial charge in [-0.2, -0.15) is 0 Å². The maximum atomic E-state index is 10.9. The molecule has 8 nitrogen and oxygen atoms in total. The molecule has 0 bridgehead atoms. The van der Waals surface area contributed by atoms with Crippen molar-refractivity contribution in [2.75, 3.05) is 13.7 Å². The fourth-order valence-corrected chi connectivity index (χ4v) is 3.27. The first-order valence-corrected chi connectivity index (χ1v) is 9.63. The van der Waals surface area contributed by atoms with E-state index < -0.39 is 4.92 Å². The van der Waals surface area contributed by atoms with Crippen molar-refractivity contribution < 1.29 is 14.4 Å². The van der Waals surface area contributed by atoms with Crippen LogP contribution in [0.15, 0.2) is 41.4 Å². The van der Waals surface area contributed by atoms with E-state index >= 15 is 0 Å². The average Bonchev–Trinajstić information content (AvgIpc) is 3.07. The molecule has 2 aromatic carbocycles. The maximum Gasteiger partial charge on any atom is 0.269 e. The quantitative estimate of drug-likeness (QED) is 0.187. The zero-order valence-corrected chi connectivity index (χ0v) is 19.6. The number of hydrogen-bond acceptors (Lipinski definition) is 5. The van der Waals surface area contributed by atoms with E-state index in [0.29, 0.717) is 25.7 Å². The van der Waals surface area contributed by atoms with Crippen molar-refractivity contribution in [2.45, 2.75) is 39.5 Å². The fourth-order valence-electron chi connectivity index (χ4n) is 3.27. The van der Waals surface area contributed by atoms with Crippen LogP contribution in [0.3, 0.4) is 0 Å². The minimum absolute atomic E-state index is 0. The summed E-state index contributed by atoms with van der Waals surface area (Å²) in [7, 11) is 1.68. The van der Waals surface area contributed by atoms with Crippen LogP contribution in [-0.2, 0) is 19.5 Å². The van der Waals surface area contributed by atoms with Gasteiger partial charge in [0.15, 0.2) is 5.96 Å². The second-order valence-electron chi connectivity index (χ2n) is 6.84. The summed E-state index contributed by atoms with van der Waals surface area (Å²) in [5, 5.41) is 17.4. The molecule has 0 fully saturated rings. The van der Waals surface area contributed by atoms with Gasteiger partial charge >= 0.3 is 0 Å². The highest BCUT2D eigenvalue weighted by atomic mass is 127. The predicted molar refractivity (Wildman–Crippen MR) is 127 cm³/mol. The van der Waals surface area contributed by atoms with Crippen LogP contribution in [0.25, 0.3) is 0 Å². The zero-order chi connectivity index (χ0) is 20.8. The van der Waals surface area contributed by atoms with E-state index in [1.165, 1.54) is 6.07 Å². The first kappa shape index (κ1) is 23.7. The van der Waals surface area contributed by atoms with Gasteiger partial charge < -0.3 is 20.1 Å².